The Kier molecular flexibility index (Phi) is 4.50. The lowest BCUT2D eigenvalue weighted by Crippen LogP contribution is -2.47. The number of hydrogen-bond acceptors (Lipinski definition) is 3. The Morgan fingerprint density at radius 3 is 2.64 bits per heavy atom. The highest BCUT2D eigenvalue weighted by Gasteiger charge is 2.30. The zero-order chi connectivity index (χ0) is 15.7. The average Bonchev–Trinajstić information content (AvgIpc) is 2.97. The van der Waals surface area contributed by atoms with E-state index in [0.29, 0.717) is 10.7 Å². The number of benzene rings is 1. The van der Waals surface area contributed by atoms with Crippen LogP contribution >= 0.6 is 22.9 Å². The van der Waals surface area contributed by atoms with E-state index in [1.54, 1.807) is 0 Å². The van der Waals surface area contributed by atoms with Crippen molar-refractivity contribution in [2.24, 2.45) is 0 Å². The summed E-state index contributed by atoms with van der Waals surface area (Å²) in [5.74, 6) is 0.0363. The van der Waals surface area contributed by atoms with Gasteiger partial charge in [0, 0.05) is 23.0 Å². The van der Waals surface area contributed by atoms with Gasteiger partial charge >= 0.3 is 0 Å². The lowest BCUT2D eigenvalue weighted by Gasteiger charge is -2.38. The van der Waals surface area contributed by atoms with E-state index < -0.39 is 0 Å². The van der Waals surface area contributed by atoms with Crippen LogP contribution in [0.25, 0.3) is 10.6 Å². The number of nitrogens with zero attached hydrogens (tertiary/aromatic N) is 2. The Balaban J connectivity index is 1.87. The highest BCUT2D eigenvalue weighted by atomic mass is 35.5. The molecule has 1 saturated heterocycles. The first-order valence-corrected chi connectivity index (χ1v) is 8.86. The summed E-state index contributed by atoms with van der Waals surface area (Å²) in [5, 5.41) is 3.30. The van der Waals surface area contributed by atoms with Gasteiger partial charge in [0.1, 0.15) is 10.7 Å². The van der Waals surface area contributed by atoms with Crippen molar-refractivity contribution in [1.29, 1.82) is 0 Å². The number of carbonyl (C=O) groups is 1. The Hall–Kier alpha value is -1.39. The van der Waals surface area contributed by atoms with Crippen molar-refractivity contribution >= 4 is 28.8 Å². The third-order valence-electron chi connectivity index (χ3n) is 4.26. The molecule has 0 spiro atoms. The third kappa shape index (κ3) is 2.90. The highest BCUT2D eigenvalue weighted by molar-refractivity contribution is 7.13. The van der Waals surface area contributed by atoms with Gasteiger partial charge in [0.2, 0.25) is 0 Å². The molecule has 1 amide bonds. The van der Waals surface area contributed by atoms with E-state index >= 15 is 0 Å². The number of piperidine rings is 1. The molecular formula is C17H19ClN2OS. The molecule has 1 aromatic carbocycles. The van der Waals surface area contributed by atoms with Crippen LogP contribution in [0.1, 0.15) is 43.6 Å². The number of thiazole rings is 1. The number of amides is 1. The second kappa shape index (κ2) is 6.39. The van der Waals surface area contributed by atoms with E-state index in [-0.39, 0.29) is 18.0 Å². The molecule has 0 radical (unpaired) electrons. The number of likely N-dealkylation sites (tertiary alicyclic amines) is 1. The van der Waals surface area contributed by atoms with E-state index in [9.17, 15) is 4.79 Å². The third-order valence-corrected chi connectivity index (χ3v) is 5.46. The van der Waals surface area contributed by atoms with Gasteiger partial charge in [-0.3, -0.25) is 4.79 Å². The minimum Gasteiger partial charge on any atom is -0.332 e. The van der Waals surface area contributed by atoms with Gasteiger partial charge in [0.05, 0.1) is 5.02 Å². The van der Waals surface area contributed by atoms with Gasteiger partial charge in [-0.05, 0) is 39.2 Å². The largest absolute Gasteiger partial charge is 0.332 e. The van der Waals surface area contributed by atoms with Gasteiger partial charge in [-0.2, -0.15) is 0 Å². The zero-order valence-electron chi connectivity index (χ0n) is 12.8. The summed E-state index contributed by atoms with van der Waals surface area (Å²) in [6.45, 7) is 4.24. The van der Waals surface area contributed by atoms with Crippen LogP contribution in [0.4, 0.5) is 0 Å². The van der Waals surface area contributed by atoms with Gasteiger partial charge in [0.15, 0.2) is 0 Å². The topological polar surface area (TPSA) is 33.2 Å². The Bertz CT molecular complexity index is 675. The Morgan fingerprint density at radius 2 is 1.95 bits per heavy atom. The summed E-state index contributed by atoms with van der Waals surface area (Å²) in [5.41, 5.74) is 1.41. The van der Waals surface area contributed by atoms with Crippen LogP contribution in [0.5, 0.6) is 0 Å². The monoisotopic (exact) mass is 334 g/mol. The summed E-state index contributed by atoms with van der Waals surface area (Å²) < 4.78 is 0. The molecule has 0 bridgehead atoms. The predicted octanol–water partition coefficient (Wildman–Crippen LogP) is 4.87. The number of rotatable bonds is 2. The Labute approximate surface area is 139 Å². The molecular weight excluding hydrogens is 316 g/mol. The molecule has 1 aliphatic heterocycles. The second-order valence-electron chi connectivity index (χ2n) is 5.86. The fourth-order valence-corrected chi connectivity index (χ4v) is 4.20. The standard InChI is InChI=1S/C17H19ClN2OS/c1-11-6-5-7-12(2)20(11)17(21)15-10-22-16(19-15)13-8-3-4-9-14(13)18/h3-4,8-12H,5-7H2,1-2H3/t11-,12+. The minimum atomic E-state index is 0.0363. The van der Waals surface area contributed by atoms with Gasteiger partial charge < -0.3 is 4.90 Å². The average molecular weight is 335 g/mol. The molecule has 2 atom stereocenters. The summed E-state index contributed by atoms with van der Waals surface area (Å²) >= 11 is 7.68. The van der Waals surface area contributed by atoms with Crippen LogP contribution in [0.15, 0.2) is 29.6 Å². The van der Waals surface area contributed by atoms with Crippen LogP contribution in [0.2, 0.25) is 5.02 Å². The first kappa shape index (κ1) is 15.5. The summed E-state index contributed by atoms with van der Waals surface area (Å²) in [6.07, 6.45) is 3.32. The van der Waals surface area contributed by atoms with E-state index in [2.05, 4.69) is 18.8 Å². The molecule has 0 saturated carbocycles. The minimum absolute atomic E-state index is 0.0363. The molecule has 2 aromatic rings. The summed E-state index contributed by atoms with van der Waals surface area (Å²) in [7, 11) is 0. The molecule has 0 aliphatic carbocycles. The Morgan fingerprint density at radius 1 is 1.27 bits per heavy atom. The highest BCUT2D eigenvalue weighted by Crippen LogP contribution is 2.31. The van der Waals surface area contributed by atoms with Gasteiger partial charge in [0.25, 0.3) is 5.91 Å². The number of aromatic nitrogens is 1. The van der Waals surface area contributed by atoms with Crippen molar-refractivity contribution in [2.45, 2.75) is 45.2 Å². The van der Waals surface area contributed by atoms with Crippen molar-refractivity contribution < 1.29 is 4.79 Å². The van der Waals surface area contributed by atoms with Gasteiger partial charge in [-0.1, -0.05) is 29.8 Å². The maximum atomic E-state index is 12.8. The number of halogens is 1. The van der Waals surface area contributed by atoms with E-state index in [4.69, 9.17) is 11.6 Å². The molecule has 0 N–H and O–H groups in total. The lowest BCUT2D eigenvalue weighted by atomic mass is 9.97. The van der Waals surface area contributed by atoms with Crippen LogP contribution in [-0.2, 0) is 0 Å². The van der Waals surface area contributed by atoms with Crippen LogP contribution in [0, 0.1) is 0 Å². The van der Waals surface area contributed by atoms with E-state index in [1.807, 2.05) is 34.5 Å². The summed E-state index contributed by atoms with van der Waals surface area (Å²) in [4.78, 5) is 19.3. The molecule has 2 heterocycles. The van der Waals surface area contributed by atoms with E-state index in [0.717, 1.165) is 23.4 Å². The molecule has 116 valence electrons. The van der Waals surface area contributed by atoms with Crippen LogP contribution in [0.3, 0.4) is 0 Å². The molecule has 5 heteroatoms. The second-order valence-corrected chi connectivity index (χ2v) is 7.12. The number of hydrogen-bond donors (Lipinski definition) is 0. The van der Waals surface area contributed by atoms with Crippen molar-refractivity contribution in [3.05, 3.63) is 40.4 Å². The molecule has 1 aliphatic rings. The van der Waals surface area contributed by atoms with Crippen molar-refractivity contribution in [2.75, 3.05) is 0 Å². The van der Waals surface area contributed by atoms with Crippen LogP contribution < -0.4 is 0 Å². The quantitative estimate of drug-likeness (QED) is 0.785. The molecule has 0 unspecified atom stereocenters. The normalized spacial score (nSPS) is 21.9. The zero-order valence-corrected chi connectivity index (χ0v) is 14.3. The number of carbonyl (C=O) groups excluding carboxylic acids is 1. The maximum absolute atomic E-state index is 12.8. The van der Waals surface area contributed by atoms with Crippen molar-refractivity contribution in [3.8, 4) is 10.6 Å². The maximum Gasteiger partial charge on any atom is 0.273 e. The first-order valence-electron chi connectivity index (χ1n) is 7.61. The first-order chi connectivity index (χ1) is 10.6. The molecule has 1 fully saturated rings. The molecule has 3 nitrogen and oxygen atoms in total. The smallest absolute Gasteiger partial charge is 0.273 e. The molecule has 22 heavy (non-hydrogen) atoms. The van der Waals surface area contributed by atoms with Gasteiger partial charge in [-0.25, -0.2) is 4.98 Å². The SMILES string of the molecule is C[C@@H]1CCC[C@H](C)N1C(=O)c1csc(-c2ccccc2Cl)n1. The van der Waals surface area contributed by atoms with E-state index in [1.165, 1.54) is 17.8 Å². The van der Waals surface area contributed by atoms with Crippen molar-refractivity contribution in [1.82, 2.24) is 9.88 Å². The summed E-state index contributed by atoms with van der Waals surface area (Å²) in [6, 6.07) is 8.15. The molecule has 3 rings (SSSR count). The molecule has 1 aromatic heterocycles. The van der Waals surface area contributed by atoms with Crippen LogP contribution in [-0.4, -0.2) is 27.9 Å². The lowest BCUT2D eigenvalue weighted by molar-refractivity contribution is 0.0505. The van der Waals surface area contributed by atoms with Gasteiger partial charge in [-0.15, -0.1) is 11.3 Å². The fourth-order valence-electron chi connectivity index (χ4n) is 3.08. The van der Waals surface area contributed by atoms with Crippen molar-refractivity contribution in [3.63, 3.8) is 0 Å². The fraction of sp³-hybridized carbons (Fsp3) is 0.412. The predicted molar refractivity (Wildman–Crippen MR) is 91.5 cm³/mol.